The van der Waals surface area contributed by atoms with Crippen molar-refractivity contribution in [3.05, 3.63) is 28.8 Å². The molecule has 0 saturated heterocycles. The molecule has 0 aliphatic rings. The summed E-state index contributed by atoms with van der Waals surface area (Å²) in [4.78, 5) is 0. The highest BCUT2D eigenvalue weighted by molar-refractivity contribution is 8.09. The fourth-order valence-electron chi connectivity index (χ4n) is 1.84. The minimum Gasteiger partial charge on any atom is -0.478 e. The number of ether oxygens (including phenoxy) is 1. The average Bonchev–Trinajstić information content (AvgIpc) is 2.53. The molecule has 0 spiro atoms. The third-order valence-electron chi connectivity index (χ3n) is 3.08. The minimum absolute atomic E-state index is 2.66. The molecular weight excluding hydrogens is 523 g/mol. The first-order chi connectivity index (χ1) is 13.5. The molecule has 0 aliphatic carbocycles. The van der Waals surface area contributed by atoms with Gasteiger partial charge in [0.05, 0.1) is 5.56 Å². The maximum absolute atomic E-state index is 14.0. The Hall–Kier alpha value is -1.99. The van der Waals surface area contributed by atoms with Gasteiger partial charge < -0.3 is 4.74 Å². The predicted octanol–water partition coefficient (Wildman–Crippen LogP) is 4.05. The van der Waals surface area contributed by atoms with Crippen LogP contribution in [0.2, 0.25) is 0 Å². The van der Waals surface area contributed by atoms with Crippen LogP contribution >= 0.6 is 0 Å². The first kappa shape index (κ1) is 27.0. The Labute approximate surface area is 162 Å². The second-order valence-corrected chi connectivity index (χ2v) is 9.56. The van der Waals surface area contributed by atoms with Crippen molar-refractivity contribution in [3.8, 4) is 5.75 Å². The maximum Gasteiger partial charge on any atom is 0.499 e. The molecule has 0 saturated carbocycles. The van der Waals surface area contributed by atoms with E-state index in [1.54, 1.807) is 0 Å². The molecule has 0 radical (unpaired) electrons. The van der Waals surface area contributed by atoms with Crippen LogP contribution in [-0.2, 0) is 19.7 Å². The van der Waals surface area contributed by atoms with Crippen LogP contribution in [0.4, 0.5) is 57.1 Å². The molecule has 0 bridgehead atoms. The van der Waals surface area contributed by atoms with Gasteiger partial charge in [0.1, 0.15) is 0 Å². The zero-order valence-corrected chi connectivity index (χ0v) is 15.2. The molecule has 0 heterocycles. The van der Waals surface area contributed by atoms with Gasteiger partial charge in [-0.2, -0.15) is 48.3 Å². The standard InChI is InChI=1S/C11H3F13O5S2/c12-3-2(4(13)6(15)7(5(3)14)29-1-9(16,17)18)8(30(25,26)10(19,20)21)31(27,28)11(22,23)24/h8H,1H2. The van der Waals surface area contributed by atoms with Crippen LogP contribution in [0.1, 0.15) is 10.1 Å². The number of hydrogen-bond acceptors (Lipinski definition) is 5. The Bertz CT molecular complexity index is 994. The number of rotatable bonds is 5. The fourth-order valence-corrected chi connectivity index (χ4v) is 5.34. The minimum atomic E-state index is -7.80. The highest BCUT2D eigenvalue weighted by Crippen LogP contribution is 2.47. The SMILES string of the molecule is O=S(=O)(C(c1c(F)c(F)c(OCC(F)(F)F)c(F)c1F)S(=O)(=O)C(F)(F)F)C(F)(F)F. The lowest BCUT2D eigenvalue weighted by Gasteiger charge is -2.23. The van der Waals surface area contributed by atoms with E-state index in [4.69, 9.17) is 0 Å². The van der Waals surface area contributed by atoms with E-state index in [0.29, 0.717) is 0 Å². The average molecular weight is 526 g/mol. The van der Waals surface area contributed by atoms with Gasteiger partial charge in [0, 0.05) is 0 Å². The summed E-state index contributed by atoms with van der Waals surface area (Å²) in [5.41, 5.74) is -17.4. The molecule has 31 heavy (non-hydrogen) atoms. The van der Waals surface area contributed by atoms with E-state index in [1.165, 1.54) is 0 Å². The third-order valence-corrected chi connectivity index (χ3v) is 7.49. The number of sulfone groups is 2. The topological polar surface area (TPSA) is 77.5 Å². The van der Waals surface area contributed by atoms with Gasteiger partial charge in [0.2, 0.25) is 16.2 Å². The smallest absolute Gasteiger partial charge is 0.478 e. The molecule has 5 nitrogen and oxygen atoms in total. The first-order valence-electron chi connectivity index (χ1n) is 6.64. The van der Waals surface area contributed by atoms with Gasteiger partial charge in [-0.25, -0.2) is 25.6 Å². The summed E-state index contributed by atoms with van der Waals surface area (Å²) in [6, 6.07) is 0. The fraction of sp³-hybridized carbons (Fsp3) is 0.455. The van der Waals surface area contributed by atoms with Gasteiger partial charge in [0.15, 0.2) is 24.0 Å². The van der Waals surface area contributed by atoms with Crippen LogP contribution in [0.15, 0.2) is 0 Å². The van der Waals surface area contributed by atoms with Crippen LogP contribution in [0.5, 0.6) is 5.75 Å². The van der Waals surface area contributed by atoms with Crippen LogP contribution in [0, 0.1) is 23.3 Å². The van der Waals surface area contributed by atoms with Crippen molar-refractivity contribution in [2.45, 2.75) is 21.8 Å². The van der Waals surface area contributed by atoms with Gasteiger partial charge in [-0.05, 0) is 0 Å². The molecule has 20 heteroatoms. The molecule has 1 aromatic carbocycles. The molecule has 0 fully saturated rings. The summed E-state index contributed by atoms with van der Waals surface area (Å²) in [6.45, 7) is -2.68. The van der Waals surface area contributed by atoms with Crippen molar-refractivity contribution in [2.24, 2.45) is 0 Å². The molecule has 0 aromatic heterocycles. The van der Waals surface area contributed by atoms with Gasteiger partial charge in [-0.1, -0.05) is 0 Å². The molecule has 0 aliphatic heterocycles. The van der Waals surface area contributed by atoms with Gasteiger partial charge in [-0.15, -0.1) is 0 Å². The molecule has 0 amide bonds. The lowest BCUT2D eigenvalue weighted by atomic mass is 10.2. The van der Waals surface area contributed by atoms with E-state index in [1.807, 2.05) is 0 Å². The zero-order valence-electron chi connectivity index (χ0n) is 13.6. The summed E-state index contributed by atoms with van der Waals surface area (Å²) in [5.74, 6) is -16.1. The van der Waals surface area contributed by atoms with Gasteiger partial charge >= 0.3 is 17.2 Å². The van der Waals surface area contributed by atoms with Crippen molar-refractivity contribution < 1.29 is 78.6 Å². The summed E-state index contributed by atoms with van der Waals surface area (Å²) in [7, 11) is -15.6. The van der Waals surface area contributed by atoms with Crippen LogP contribution in [0.25, 0.3) is 0 Å². The van der Waals surface area contributed by atoms with Crippen LogP contribution in [-0.4, -0.2) is 40.6 Å². The number of halogens is 13. The normalized spacial score (nSPS) is 14.3. The highest BCUT2D eigenvalue weighted by atomic mass is 32.3. The largest absolute Gasteiger partial charge is 0.499 e. The number of benzene rings is 1. The molecule has 0 unspecified atom stereocenters. The summed E-state index contributed by atoms with van der Waals surface area (Å²) in [5, 5.41) is 0. The second kappa shape index (κ2) is 7.85. The van der Waals surface area contributed by atoms with Crippen LogP contribution < -0.4 is 4.74 Å². The Balaban J connectivity index is 4.05. The highest BCUT2D eigenvalue weighted by Gasteiger charge is 2.65. The third kappa shape index (κ3) is 4.93. The van der Waals surface area contributed by atoms with Gasteiger partial charge in [-0.3, -0.25) is 0 Å². The Kier molecular flexibility index (Phi) is 6.85. The molecular formula is C11H3F13O5S2. The van der Waals surface area contributed by atoms with Crippen molar-refractivity contribution >= 4 is 19.7 Å². The maximum atomic E-state index is 14.0. The van der Waals surface area contributed by atoms with E-state index in [9.17, 15) is 73.9 Å². The first-order valence-corrected chi connectivity index (χ1v) is 9.73. The van der Waals surface area contributed by atoms with E-state index in [0.717, 1.165) is 0 Å². The quantitative estimate of drug-likeness (QED) is 0.428. The zero-order chi connectivity index (χ0) is 25.0. The lowest BCUT2D eigenvalue weighted by Crippen LogP contribution is -2.40. The van der Waals surface area contributed by atoms with E-state index in [2.05, 4.69) is 4.74 Å². The molecule has 1 rings (SSSR count). The number of alkyl halides is 9. The van der Waals surface area contributed by atoms with Crippen molar-refractivity contribution in [1.29, 1.82) is 0 Å². The van der Waals surface area contributed by atoms with Gasteiger partial charge in [0.25, 0.3) is 19.7 Å². The lowest BCUT2D eigenvalue weighted by molar-refractivity contribution is -0.154. The molecule has 180 valence electrons. The predicted molar refractivity (Wildman–Crippen MR) is 70.5 cm³/mol. The summed E-state index contributed by atoms with van der Waals surface area (Å²) >= 11 is 0. The van der Waals surface area contributed by atoms with Crippen molar-refractivity contribution in [2.75, 3.05) is 6.61 Å². The van der Waals surface area contributed by atoms with Crippen molar-refractivity contribution in [3.63, 3.8) is 0 Å². The second-order valence-electron chi connectivity index (χ2n) is 5.22. The molecule has 0 N–H and O–H groups in total. The Morgan fingerprint density at radius 1 is 0.645 bits per heavy atom. The summed E-state index contributed by atoms with van der Waals surface area (Å²) < 4.78 is 211. The Morgan fingerprint density at radius 3 is 1.23 bits per heavy atom. The van der Waals surface area contributed by atoms with E-state index >= 15 is 0 Å². The van der Waals surface area contributed by atoms with Crippen molar-refractivity contribution in [1.82, 2.24) is 0 Å². The van der Waals surface area contributed by atoms with E-state index < -0.39 is 82.6 Å². The molecule has 1 aromatic rings. The van der Waals surface area contributed by atoms with Crippen LogP contribution in [0.3, 0.4) is 0 Å². The van der Waals surface area contributed by atoms with E-state index in [-0.39, 0.29) is 0 Å². The Morgan fingerprint density at radius 2 is 0.968 bits per heavy atom. The number of hydrogen-bond donors (Lipinski definition) is 0. The molecule has 0 atom stereocenters. The monoisotopic (exact) mass is 526 g/mol. The summed E-state index contributed by atoms with van der Waals surface area (Å²) in [6.07, 6.45) is -5.42.